The predicted octanol–water partition coefficient (Wildman–Crippen LogP) is 3.47. The van der Waals surface area contributed by atoms with Crippen LogP contribution in [0.2, 0.25) is 0 Å². The zero-order valence-corrected chi connectivity index (χ0v) is 18.9. The second kappa shape index (κ2) is 11.4. The van der Waals surface area contributed by atoms with Crippen molar-refractivity contribution < 1.29 is 9.53 Å². The van der Waals surface area contributed by atoms with Crippen LogP contribution in [0.25, 0.3) is 5.82 Å². The van der Waals surface area contributed by atoms with Crippen molar-refractivity contribution in [2.45, 2.75) is 44.6 Å². The van der Waals surface area contributed by atoms with Gasteiger partial charge in [0.15, 0.2) is 5.82 Å². The number of nitrogens with zero attached hydrogens (tertiary/aromatic N) is 4. The summed E-state index contributed by atoms with van der Waals surface area (Å²) in [6, 6.07) is 5.74. The Balaban J connectivity index is 1.32. The normalized spacial score (nSPS) is 24.2. The molecule has 172 valence electrons. The van der Waals surface area contributed by atoms with Gasteiger partial charge in [0, 0.05) is 37.7 Å². The lowest BCUT2D eigenvalue weighted by atomic mass is 9.83. The Bertz CT molecular complexity index is 852. The summed E-state index contributed by atoms with van der Waals surface area (Å²) in [6.45, 7) is 8.46. The largest absolute Gasteiger partial charge is 0.377 e. The Morgan fingerprint density at radius 1 is 1.25 bits per heavy atom. The number of hydrogen-bond acceptors (Lipinski definition) is 5. The monoisotopic (exact) mass is 437 g/mol. The van der Waals surface area contributed by atoms with E-state index in [0.29, 0.717) is 29.8 Å². The van der Waals surface area contributed by atoms with Crippen molar-refractivity contribution in [2.75, 3.05) is 32.8 Å². The number of carbonyl (C=O) groups is 1. The summed E-state index contributed by atoms with van der Waals surface area (Å²) >= 11 is 0. The third-order valence-electron chi connectivity index (χ3n) is 6.66. The van der Waals surface area contributed by atoms with Crippen LogP contribution >= 0.6 is 0 Å². The second-order valence-electron chi connectivity index (χ2n) is 9.07. The fourth-order valence-electron chi connectivity index (χ4n) is 5.03. The highest BCUT2D eigenvalue weighted by Gasteiger charge is 2.30. The zero-order valence-electron chi connectivity index (χ0n) is 18.9. The van der Waals surface area contributed by atoms with Crippen molar-refractivity contribution in [1.29, 1.82) is 0 Å². The Morgan fingerprint density at radius 2 is 2.16 bits per heavy atom. The van der Waals surface area contributed by atoms with Crippen LogP contribution in [0.4, 0.5) is 0 Å². The molecule has 4 rings (SSSR count). The number of rotatable bonds is 9. The summed E-state index contributed by atoms with van der Waals surface area (Å²) in [5, 5.41) is 7.50. The van der Waals surface area contributed by atoms with Crippen LogP contribution < -0.4 is 5.32 Å². The van der Waals surface area contributed by atoms with Crippen LogP contribution in [0.3, 0.4) is 0 Å². The van der Waals surface area contributed by atoms with Gasteiger partial charge in [0.2, 0.25) is 0 Å². The van der Waals surface area contributed by atoms with E-state index in [4.69, 9.17) is 4.74 Å². The molecule has 7 heteroatoms. The van der Waals surface area contributed by atoms with Crippen molar-refractivity contribution >= 4 is 5.91 Å². The molecule has 1 saturated heterocycles. The lowest BCUT2D eigenvalue weighted by Crippen LogP contribution is -2.48. The van der Waals surface area contributed by atoms with Gasteiger partial charge in [-0.25, -0.2) is 9.67 Å². The van der Waals surface area contributed by atoms with Crippen LogP contribution in [-0.4, -0.2) is 64.5 Å². The van der Waals surface area contributed by atoms with E-state index in [0.717, 1.165) is 32.7 Å². The molecule has 1 saturated carbocycles. The van der Waals surface area contributed by atoms with E-state index in [2.05, 4.69) is 26.9 Å². The fourth-order valence-corrected chi connectivity index (χ4v) is 5.03. The first-order chi connectivity index (χ1) is 15.7. The molecule has 2 aromatic rings. The lowest BCUT2D eigenvalue weighted by molar-refractivity contribution is 0.0599. The van der Waals surface area contributed by atoms with Crippen molar-refractivity contribution in [1.82, 2.24) is 25.0 Å². The van der Waals surface area contributed by atoms with E-state index in [-0.39, 0.29) is 11.9 Å². The third-order valence-corrected chi connectivity index (χ3v) is 6.66. The van der Waals surface area contributed by atoms with Gasteiger partial charge in [-0.2, -0.15) is 5.10 Å². The standard InChI is InChI=1S/C25H35N5O2/c1-2-15-32-19-20-7-5-13-29(17-20)18-22-8-3-4-9-23(22)28-25(31)21-10-11-24(26-16-21)30-14-6-12-27-30/h2,6,10-12,14,16,20,22-23H,1,3-5,7-9,13,15,17-19H2,(H,28,31)/t20-,22-,23+/m1/s1. The molecule has 2 aromatic heterocycles. The van der Waals surface area contributed by atoms with Gasteiger partial charge in [-0.15, -0.1) is 6.58 Å². The van der Waals surface area contributed by atoms with Crippen LogP contribution in [0.1, 0.15) is 48.9 Å². The van der Waals surface area contributed by atoms with E-state index in [1.807, 2.05) is 30.5 Å². The van der Waals surface area contributed by atoms with Gasteiger partial charge in [-0.05, 0) is 62.3 Å². The molecule has 2 fully saturated rings. The van der Waals surface area contributed by atoms with E-state index >= 15 is 0 Å². The maximum atomic E-state index is 12.9. The van der Waals surface area contributed by atoms with E-state index < -0.39 is 0 Å². The average molecular weight is 438 g/mol. The van der Waals surface area contributed by atoms with Gasteiger partial charge >= 0.3 is 0 Å². The molecule has 0 aromatic carbocycles. The van der Waals surface area contributed by atoms with Crippen molar-refractivity contribution in [3.8, 4) is 5.82 Å². The number of likely N-dealkylation sites (tertiary alicyclic amines) is 1. The smallest absolute Gasteiger partial charge is 0.253 e. The first kappa shape index (κ1) is 22.7. The quantitative estimate of drug-likeness (QED) is 0.480. The number of piperidine rings is 1. The molecule has 3 atom stereocenters. The summed E-state index contributed by atoms with van der Waals surface area (Å²) in [4.78, 5) is 19.9. The number of pyridine rings is 1. The Labute approximate surface area is 190 Å². The highest BCUT2D eigenvalue weighted by Crippen LogP contribution is 2.27. The van der Waals surface area contributed by atoms with Crippen molar-refractivity contribution in [3.05, 3.63) is 55.0 Å². The van der Waals surface area contributed by atoms with Crippen LogP contribution in [0.15, 0.2) is 49.4 Å². The molecule has 1 aliphatic carbocycles. The van der Waals surface area contributed by atoms with Gasteiger partial charge in [0.1, 0.15) is 0 Å². The van der Waals surface area contributed by atoms with Gasteiger partial charge in [0.25, 0.3) is 5.91 Å². The summed E-state index contributed by atoms with van der Waals surface area (Å²) in [6.07, 6.45) is 14.1. The summed E-state index contributed by atoms with van der Waals surface area (Å²) < 4.78 is 7.39. The first-order valence-electron chi connectivity index (χ1n) is 11.9. The molecule has 32 heavy (non-hydrogen) atoms. The number of nitrogens with one attached hydrogen (secondary N) is 1. The molecule has 0 bridgehead atoms. The SMILES string of the molecule is C=CCOC[C@@H]1CCCN(C[C@H]2CCCC[C@@H]2NC(=O)c2ccc(-n3cccn3)nc2)C1. The summed E-state index contributed by atoms with van der Waals surface area (Å²) in [7, 11) is 0. The topological polar surface area (TPSA) is 72.3 Å². The number of ether oxygens (including phenoxy) is 1. The maximum absolute atomic E-state index is 12.9. The molecular weight excluding hydrogens is 402 g/mol. The Kier molecular flexibility index (Phi) is 8.07. The van der Waals surface area contributed by atoms with Gasteiger partial charge < -0.3 is 15.0 Å². The minimum atomic E-state index is -0.0317. The highest BCUT2D eigenvalue weighted by atomic mass is 16.5. The molecule has 0 radical (unpaired) electrons. The summed E-state index contributed by atoms with van der Waals surface area (Å²) in [5.41, 5.74) is 0.600. The molecular formula is C25H35N5O2. The molecule has 3 heterocycles. The van der Waals surface area contributed by atoms with Crippen LogP contribution in [0, 0.1) is 11.8 Å². The lowest BCUT2D eigenvalue weighted by Gasteiger charge is -2.39. The van der Waals surface area contributed by atoms with Crippen LogP contribution in [0.5, 0.6) is 0 Å². The molecule has 1 N–H and O–H groups in total. The van der Waals surface area contributed by atoms with Gasteiger partial charge in [-0.3, -0.25) is 4.79 Å². The van der Waals surface area contributed by atoms with E-state index in [1.165, 1.54) is 32.1 Å². The fraction of sp³-hybridized carbons (Fsp3) is 0.560. The molecule has 0 unspecified atom stereocenters. The molecule has 0 spiro atoms. The number of aromatic nitrogens is 3. The van der Waals surface area contributed by atoms with E-state index in [9.17, 15) is 4.79 Å². The number of amides is 1. The number of carbonyl (C=O) groups excluding carboxylic acids is 1. The average Bonchev–Trinajstić information content (AvgIpc) is 3.36. The molecule has 2 aliphatic rings. The number of hydrogen-bond donors (Lipinski definition) is 1. The Morgan fingerprint density at radius 3 is 2.94 bits per heavy atom. The highest BCUT2D eigenvalue weighted by molar-refractivity contribution is 5.94. The van der Waals surface area contributed by atoms with Gasteiger partial charge in [-0.1, -0.05) is 18.9 Å². The minimum Gasteiger partial charge on any atom is -0.377 e. The first-order valence-corrected chi connectivity index (χ1v) is 11.9. The molecule has 1 aliphatic heterocycles. The molecule has 1 amide bonds. The van der Waals surface area contributed by atoms with Crippen LogP contribution in [-0.2, 0) is 4.74 Å². The zero-order chi connectivity index (χ0) is 22.2. The third kappa shape index (κ3) is 6.04. The Hall–Kier alpha value is -2.51. The summed E-state index contributed by atoms with van der Waals surface area (Å²) in [5.74, 6) is 1.77. The maximum Gasteiger partial charge on any atom is 0.253 e. The second-order valence-corrected chi connectivity index (χ2v) is 9.07. The van der Waals surface area contributed by atoms with Crippen molar-refractivity contribution in [2.24, 2.45) is 11.8 Å². The van der Waals surface area contributed by atoms with Gasteiger partial charge in [0.05, 0.1) is 18.8 Å². The van der Waals surface area contributed by atoms with E-state index in [1.54, 1.807) is 17.1 Å². The van der Waals surface area contributed by atoms with Crippen molar-refractivity contribution in [3.63, 3.8) is 0 Å². The molecule has 7 nitrogen and oxygen atoms in total. The minimum absolute atomic E-state index is 0.0317. The predicted molar refractivity (Wildman–Crippen MR) is 125 cm³/mol.